The molecular weight excluding hydrogens is 355 g/mol. The SMILES string of the molecule is O=C(Nc1ccc(N2CCCC2)cc1)c1ccc(Nc2ccccc2F)cn1. The van der Waals surface area contributed by atoms with Crippen LogP contribution in [-0.2, 0) is 0 Å². The van der Waals surface area contributed by atoms with Crippen LogP contribution in [0.2, 0.25) is 0 Å². The van der Waals surface area contributed by atoms with E-state index in [4.69, 9.17) is 0 Å². The van der Waals surface area contributed by atoms with Crippen LogP contribution in [0.1, 0.15) is 23.3 Å². The molecule has 2 N–H and O–H groups in total. The number of hydrogen-bond acceptors (Lipinski definition) is 4. The van der Waals surface area contributed by atoms with Crippen molar-refractivity contribution in [3.63, 3.8) is 0 Å². The van der Waals surface area contributed by atoms with Crippen LogP contribution < -0.4 is 15.5 Å². The molecule has 142 valence electrons. The third kappa shape index (κ3) is 4.11. The summed E-state index contributed by atoms with van der Waals surface area (Å²) < 4.78 is 13.7. The number of aromatic nitrogens is 1. The van der Waals surface area contributed by atoms with Gasteiger partial charge in [-0.25, -0.2) is 9.37 Å². The molecule has 1 aliphatic rings. The summed E-state index contributed by atoms with van der Waals surface area (Å²) in [6, 6.07) is 17.6. The lowest BCUT2D eigenvalue weighted by atomic mass is 10.2. The van der Waals surface area contributed by atoms with Gasteiger partial charge in [0.1, 0.15) is 11.5 Å². The Hall–Kier alpha value is -3.41. The number of carbonyl (C=O) groups excluding carboxylic acids is 1. The zero-order chi connectivity index (χ0) is 19.3. The highest BCUT2D eigenvalue weighted by Gasteiger charge is 2.13. The Balaban J connectivity index is 1.38. The molecule has 1 aromatic heterocycles. The fourth-order valence-electron chi connectivity index (χ4n) is 3.25. The summed E-state index contributed by atoms with van der Waals surface area (Å²) in [7, 11) is 0. The number of halogens is 1. The maximum atomic E-state index is 13.7. The third-order valence-electron chi connectivity index (χ3n) is 4.75. The standard InChI is InChI=1S/C22H21FN4O/c23-19-5-1-2-6-20(19)25-17-9-12-21(24-15-17)22(28)26-16-7-10-18(11-8-16)27-13-3-4-14-27/h1-2,5-12,15,25H,3-4,13-14H2,(H,26,28). The van der Waals surface area contributed by atoms with Crippen molar-refractivity contribution in [2.24, 2.45) is 0 Å². The number of nitrogens with zero attached hydrogens (tertiary/aromatic N) is 2. The van der Waals surface area contributed by atoms with Gasteiger partial charge in [0.25, 0.3) is 5.91 Å². The summed E-state index contributed by atoms with van der Waals surface area (Å²) in [5, 5.41) is 5.80. The van der Waals surface area contributed by atoms with Gasteiger partial charge in [0, 0.05) is 24.5 Å². The lowest BCUT2D eigenvalue weighted by Crippen LogP contribution is -2.17. The molecule has 28 heavy (non-hydrogen) atoms. The van der Waals surface area contributed by atoms with Crippen molar-refractivity contribution in [3.8, 4) is 0 Å². The highest BCUT2D eigenvalue weighted by molar-refractivity contribution is 6.03. The van der Waals surface area contributed by atoms with Gasteiger partial charge in [-0.15, -0.1) is 0 Å². The minimum Gasteiger partial charge on any atom is -0.372 e. The Morgan fingerprint density at radius 2 is 1.64 bits per heavy atom. The average Bonchev–Trinajstić information content (AvgIpc) is 3.26. The first-order chi connectivity index (χ1) is 13.7. The van der Waals surface area contributed by atoms with E-state index in [-0.39, 0.29) is 11.7 Å². The van der Waals surface area contributed by atoms with Crippen molar-refractivity contribution < 1.29 is 9.18 Å². The Bertz CT molecular complexity index is 951. The van der Waals surface area contributed by atoms with Crippen LogP contribution in [0.4, 0.5) is 27.1 Å². The molecule has 0 bridgehead atoms. The van der Waals surface area contributed by atoms with E-state index in [0.717, 1.165) is 18.8 Å². The van der Waals surface area contributed by atoms with Crippen molar-refractivity contribution in [1.29, 1.82) is 0 Å². The Kier molecular flexibility index (Phi) is 5.19. The van der Waals surface area contributed by atoms with E-state index >= 15 is 0 Å². The van der Waals surface area contributed by atoms with E-state index in [2.05, 4.69) is 20.5 Å². The van der Waals surface area contributed by atoms with Gasteiger partial charge < -0.3 is 15.5 Å². The van der Waals surface area contributed by atoms with Gasteiger partial charge in [-0.2, -0.15) is 0 Å². The molecule has 1 saturated heterocycles. The summed E-state index contributed by atoms with van der Waals surface area (Å²) in [5.41, 5.74) is 3.17. The number of amides is 1. The zero-order valence-electron chi connectivity index (χ0n) is 15.4. The van der Waals surface area contributed by atoms with E-state index in [1.165, 1.54) is 30.8 Å². The normalized spacial score (nSPS) is 13.4. The van der Waals surface area contributed by atoms with E-state index < -0.39 is 0 Å². The molecule has 1 aliphatic heterocycles. The first kappa shape index (κ1) is 18.0. The monoisotopic (exact) mass is 376 g/mol. The van der Waals surface area contributed by atoms with Gasteiger partial charge >= 0.3 is 0 Å². The molecule has 5 nitrogen and oxygen atoms in total. The summed E-state index contributed by atoms with van der Waals surface area (Å²) in [6.07, 6.45) is 3.97. The van der Waals surface area contributed by atoms with Gasteiger partial charge in [0.15, 0.2) is 0 Å². The molecule has 1 fully saturated rings. The van der Waals surface area contributed by atoms with Crippen LogP contribution in [0, 0.1) is 5.82 Å². The van der Waals surface area contributed by atoms with Crippen LogP contribution in [0.25, 0.3) is 0 Å². The number of hydrogen-bond donors (Lipinski definition) is 2. The number of carbonyl (C=O) groups is 1. The van der Waals surface area contributed by atoms with Crippen LogP contribution in [0.3, 0.4) is 0 Å². The summed E-state index contributed by atoms with van der Waals surface area (Å²) in [6.45, 7) is 2.17. The van der Waals surface area contributed by atoms with E-state index in [0.29, 0.717) is 17.1 Å². The molecule has 3 aromatic rings. The van der Waals surface area contributed by atoms with Crippen LogP contribution in [0.15, 0.2) is 66.9 Å². The fourth-order valence-corrected chi connectivity index (χ4v) is 3.25. The van der Waals surface area contributed by atoms with Gasteiger partial charge in [-0.1, -0.05) is 12.1 Å². The second kappa shape index (κ2) is 8.08. The zero-order valence-corrected chi connectivity index (χ0v) is 15.4. The summed E-state index contributed by atoms with van der Waals surface area (Å²) >= 11 is 0. The number of para-hydroxylation sites is 1. The predicted molar refractivity (Wildman–Crippen MR) is 110 cm³/mol. The Morgan fingerprint density at radius 3 is 2.32 bits per heavy atom. The molecule has 0 radical (unpaired) electrons. The van der Waals surface area contributed by atoms with Crippen LogP contribution >= 0.6 is 0 Å². The molecule has 0 spiro atoms. The van der Waals surface area contributed by atoms with Gasteiger partial charge in [0.2, 0.25) is 0 Å². The highest BCUT2D eigenvalue weighted by Crippen LogP contribution is 2.23. The van der Waals surface area contributed by atoms with Crippen LogP contribution in [-0.4, -0.2) is 24.0 Å². The van der Waals surface area contributed by atoms with Gasteiger partial charge in [0.05, 0.1) is 17.6 Å². The lowest BCUT2D eigenvalue weighted by molar-refractivity contribution is 0.102. The molecule has 6 heteroatoms. The molecule has 1 amide bonds. The predicted octanol–water partition coefficient (Wildman–Crippen LogP) is 4.82. The van der Waals surface area contributed by atoms with Crippen LogP contribution in [0.5, 0.6) is 0 Å². The summed E-state index contributed by atoms with van der Waals surface area (Å²) in [5.74, 6) is -0.631. The van der Waals surface area contributed by atoms with Crippen molar-refractivity contribution in [2.45, 2.75) is 12.8 Å². The number of benzene rings is 2. The number of nitrogens with one attached hydrogen (secondary N) is 2. The van der Waals surface area contributed by atoms with Crippen molar-refractivity contribution >= 4 is 28.7 Å². The minimum atomic E-state index is -0.346. The van der Waals surface area contributed by atoms with E-state index in [1.807, 2.05) is 24.3 Å². The third-order valence-corrected chi connectivity index (χ3v) is 4.75. The van der Waals surface area contributed by atoms with Gasteiger partial charge in [-0.3, -0.25) is 4.79 Å². The highest BCUT2D eigenvalue weighted by atomic mass is 19.1. The minimum absolute atomic E-state index is 0.286. The molecule has 2 heterocycles. The quantitative estimate of drug-likeness (QED) is 0.670. The maximum Gasteiger partial charge on any atom is 0.274 e. The molecule has 0 unspecified atom stereocenters. The molecule has 0 saturated carbocycles. The maximum absolute atomic E-state index is 13.7. The topological polar surface area (TPSA) is 57.3 Å². The smallest absolute Gasteiger partial charge is 0.274 e. The first-order valence-corrected chi connectivity index (χ1v) is 9.33. The first-order valence-electron chi connectivity index (χ1n) is 9.33. The number of anilines is 4. The Labute approximate surface area is 163 Å². The second-order valence-corrected chi connectivity index (χ2v) is 6.73. The lowest BCUT2D eigenvalue weighted by Gasteiger charge is -2.17. The average molecular weight is 376 g/mol. The van der Waals surface area contributed by atoms with Crippen molar-refractivity contribution in [3.05, 3.63) is 78.4 Å². The Morgan fingerprint density at radius 1 is 0.929 bits per heavy atom. The molecular formula is C22H21FN4O. The number of pyridine rings is 1. The van der Waals surface area contributed by atoms with Crippen molar-refractivity contribution in [2.75, 3.05) is 28.6 Å². The number of rotatable bonds is 5. The van der Waals surface area contributed by atoms with Crippen molar-refractivity contribution in [1.82, 2.24) is 4.98 Å². The molecule has 2 aromatic carbocycles. The molecule has 4 rings (SSSR count). The second-order valence-electron chi connectivity index (χ2n) is 6.73. The van der Waals surface area contributed by atoms with Gasteiger partial charge in [-0.05, 0) is 61.4 Å². The molecule has 0 aliphatic carbocycles. The fraction of sp³-hybridized carbons (Fsp3) is 0.182. The van der Waals surface area contributed by atoms with E-state index in [1.54, 1.807) is 30.3 Å². The molecule has 0 atom stereocenters. The summed E-state index contributed by atoms with van der Waals surface area (Å²) in [4.78, 5) is 18.9. The largest absolute Gasteiger partial charge is 0.372 e. The van der Waals surface area contributed by atoms with E-state index in [9.17, 15) is 9.18 Å².